The van der Waals surface area contributed by atoms with E-state index in [1.807, 2.05) is 0 Å². The van der Waals surface area contributed by atoms with Gasteiger partial charge in [-0.3, -0.25) is 4.79 Å². The minimum Gasteiger partial charge on any atom is -0.482 e. The van der Waals surface area contributed by atoms with Crippen molar-refractivity contribution in [1.82, 2.24) is 15.6 Å². The summed E-state index contributed by atoms with van der Waals surface area (Å²) in [6.45, 7) is 1.82. The lowest BCUT2D eigenvalue weighted by Crippen LogP contribution is -2.19. The molecule has 1 amide bonds. The van der Waals surface area contributed by atoms with Gasteiger partial charge in [-0.05, 0) is 64.8 Å². The predicted molar refractivity (Wildman–Crippen MR) is 138 cm³/mol. The van der Waals surface area contributed by atoms with Crippen LogP contribution >= 0.6 is 50.9 Å². The highest BCUT2D eigenvalue weighted by Crippen LogP contribution is 2.28. The van der Waals surface area contributed by atoms with Gasteiger partial charge in [0, 0.05) is 5.02 Å². The minimum atomic E-state index is -0.455. The third-order valence-electron chi connectivity index (χ3n) is 4.03. The van der Waals surface area contributed by atoms with Crippen molar-refractivity contribution in [3.63, 3.8) is 0 Å². The number of halogens is 3. The molecule has 14 heteroatoms. The maximum absolute atomic E-state index is 12.1. The summed E-state index contributed by atoms with van der Waals surface area (Å²) in [6.07, 6.45) is 1.46. The second-order valence-electron chi connectivity index (χ2n) is 6.69. The Kier molecular flexibility index (Phi) is 10.9. The maximum Gasteiger partial charge on any atom is 0.344 e. The van der Waals surface area contributed by atoms with E-state index in [1.54, 1.807) is 43.3 Å². The third-order valence-corrected chi connectivity index (χ3v) is 6.00. The molecule has 0 saturated carbocycles. The maximum atomic E-state index is 12.1. The smallest absolute Gasteiger partial charge is 0.344 e. The Morgan fingerprint density at radius 1 is 1.17 bits per heavy atom. The van der Waals surface area contributed by atoms with E-state index in [0.717, 1.165) is 11.8 Å². The summed E-state index contributed by atoms with van der Waals surface area (Å²) in [5.74, 6) is 0.310. The van der Waals surface area contributed by atoms with E-state index in [1.165, 1.54) is 6.21 Å². The van der Waals surface area contributed by atoms with E-state index in [-0.39, 0.29) is 42.6 Å². The van der Waals surface area contributed by atoms with Gasteiger partial charge in [-0.15, -0.1) is 10.2 Å². The number of hydrazone groups is 1. The first-order valence-corrected chi connectivity index (χ1v) is 12.8. The summed E-state index contributed by atoms with van der Waals surface area (Å²) >= 11 is 16.3. The monoisotopic (exact) mass is 616 g/mol. The minimum absolute atomic E-state index is 0.00712. The van der Waals surface area contributed by atoms with Crippen LogP contribution in [0.25, 0.3) is 0 Å². The number of hydrogen-bond acceptors (Lipinski definition) is 10. The zero-order valence-electron chi connectivity index (χ0n) is 18.7. The number of thioether (sulfide) groups is 1. The van der Waals surface area contributed by atoms with Crippen molar-refractivity contribution in [3.8, 4) is 11.5 Å². The fraction of sp³-hybridized carbons (Fsp3) is 0.227. The lowest BCUT2D eigenvalue weighted by atomic mass is 10.2. The number of rotatable bonds is 12. The Hall–Kier alpha value is -2.80. The molecule has 3 aromatic rings. The van der Waals surface area contributed by atoms with E-state index in [2.05, 4.69) is 36.7 Å². The fourth-order valence-electron chi connectivity index (χ4n) is 2.48. The van der Waals surface area contributed by atoms with Gasteiger partial charge in [0.25, 0.3) is 17.0 Å². The van der Waals surface area contributed by atoms with Crippen molar-refractivity contribution >= 4 is 69.0 Å². The van der Waals surface area contributed by atoms with Crippen LogP contribution in [0.2, 0.25) is 10.0 Å². The highest BCUT2D eigenvalue weighted by atomic mass is 79.9. The number of carbonyl (C=O) groups excluding carboxylic acids is 2. The molecule has 0 unspecified atom stereocenters. The predicted octanol–water partition coefficient (Wildman–Crippen LogP) is 4.90. The Bertz CT molecular complexity index is 1240. The molecule has 10 nitrogen and oxygen atoms in total. The highest BCUT2D eigenvalue weighted by molar-refractivity contribution is 9.10. The van der Waals surface area contributed by atoms with Crippen molar-refractivity contribution in [2.24, 2.45) is 5.10 Å². The van der Waals surface area contributed by atoms with Crippen molar-refractivity contribution in [1.29, 1.82) is 0 Å². The summed E-state index contributed by atoms with van der Waals surface area (Å²) in [7, 11) is 0. The van der Waals surface area contributed by atoms with Crippen LogP contribution in [0, 0.1) is 0 Å². The zero-order chi connectivity index (χ0) is 25.9. The number of aromatic nitrogens is 2. The average Bonchev–Trinajstić information content (AvgIpc) is 3.30. The SMILES string of the molecule is CCOC(=O)COc1ccc(/C=N\NC(=O)CSc2nnc(COc3ccc(Cl)cc3Cl)o2)cc1Br. The third kappa shape index (κ3) is 9.01. The van der Waals surface area contributed by atoms with Gasteiger partial charge in [0.1, 0.15) is 11.5 Å². The molecule has 1 aromatic heterocycles. The van der Waals surface area contributed by atoms with E-state index in [0.29, 0.717) is 31.6 Å². The molecule has 0 fully saturated rings. The first kappa shape index (κ1) is 27.8. The summed E-state index contributed by atoms with van der Waals surface area (Å²) in [5, 5.41) is 12.7. The van der Waals surface area contributed by atoms with Crippen LogP contribution in [0.1, 0.15) is 18.4 Å². The molecule has 0 bridgehead atoms. The molecule has 2 aromatic carbocycles. The molecule has 0 aliphatic heterocycles. The second-order valence-corrected chi connectivity index (χ2v) is 9.32. The molecule has 1 N–H and O–H groups in total. The van der Waals surface area contributed by atoms with Crippen LogP contribution in [0.5, 0.6) is 11.5 Å². The number of esters is 1. The number of hydrogen-bond donors (Lipinski definition) is 1. The molecule has 0 spiro atoms. The van der Waals surface area contributed by atoms with Gasteiger partial charge >= 0.3 is 5.97 Å². The quantitative estimate of drug-likeness (QED) is 0.131. The van der Waals surface area contributed by atoms with Gasteiger partial charge in [0.05, 0.1) is 28.1 Å². The van der Waals surface area contributed by atoms with Crippen molar-refractivity contribution < 1.29 is 28.2 Å². The molecule has 1 heterocycles. The van der Waals surface area contributed by atoms with Crippen LogP contribution in [-0.2, 0) is 20.9 Å². The summed E-state index contributed by atoms with van der Waals surface area (Å²) < 4.78 is 21.8. The first-order chi connectivity index (χ1) is 17.3. The Morgan fingerprint density at radius 3 is 2.72 bits per heavy atom. The van der Waals surface area contributed by atoms with Gasteiger partial charge < -0.3 is 18.6 Å². The van der Waals surface area contributed by atoms with Gasteiger partial charge in [0.2, 0.25) is 0 Å². The van der Waals surface area contributed by atoms with Gasteiger partial charge in [-0.25, -0.2) is 10.2 Å². The lowest BCUT2D eigenvalue weighted by Gasteiger charge is -2.08. The highest BCUT2D eigenvalue weighted by Gasteiger charge is 2.11. The van der Waals surface area contributed by atoms with Gasteiger partial charge in [-0.2, -0.15) is 5.10 Å². The standard InChI is InChI=1S/C22H19BrCl2N4O6S/c1-2-32-21(31)11-34-17-5-3-13(7-15(17)23)9-26-27-19(30)12-36-22-29-28-20(35-22)10-33-18-6-4-14(24)8-16(18)25/h3-9H,2,10-12H2,1H3,(H,27,30)/b26-9-. The Balaban J connectivity index is 1.40. The van der Waals surface area contributed by atoms with Crippen LogP contribution in [0.3, 0.4) is 0 Å². The molecule has 0 aliphatic carbocycles. The molecule has 36 heavy (non-hydrogen) atoms. The van der Waals surface area contributed by atoms with E-state index in [4.69, 9.17) is 41.8 Å². The van der Waals surface area contributed by atoms with Crippen LogP contribution in [-0.4, -0.2) is 47.3 Å². The molecular formula is C22H19BrCl2N4O6S. The zero-order valence-corrected chi connectivity index (χ0v) is 22.6. The number of nitrogens with one attached hydrogen (secondary N) is 1. The van der Waals surface area contributed by atoms with Gasteiger partial charge in [0.15, 0.2) is 13.2 Å². The molecular weight excluding hydrogens is 599 g/mol. The second kappa shape index (κ2) is 14.1. The molecule has 0 atom stereocenters. The number of carbonyl (C=O) groups is 2. The van der Waals surface area contributed by atoms with Crippen molar-refractivity contribution in [2.45, 2.75) is 18.8 Å². The molecule has 0 saturated heterocycles. The van der Waals surface area contributed by atoms with Crippen LogP contribution in [0.15, 0.2) is 55.6 Å². The first-order valence-electron chi connectivity index (χ1n) is 10.3. The topological polar surface area (TPSA) is 125 Å². The van der Waals surface area contributed by atoms with E-state index >= 15 is 0 Å². The largest absolute Gasteiger partial charge is 0.482 e. The number of ether oxygens (including phenoxy) is 3. The molecule has 190 valence electrons. The fourth-order valence-corrected chi connectivity index (χ4v) is 4.03. The molecule has 3 rings (SSSR count). The molecule has 0 radical (unpaired) electrons. The normalized spacial score (nSPS) is 10.9. The molecule has 0 aliphatic rings. The van der Waals surface area contributed by atoms with Gasteiger partial charge in [-0.1, -0.05) is 35.0 Å². The van der Waals surface area contributed by atoms with Crippen LogP contribution < -0.4 is 14.9 Å². The summed E-state index contributed by atoms with van der Waals surface area (Å²) in [6, 6.07) is 9.95. The van der Waals surface area contributed by atoms with E-state index < -0.39 is 5.97 Å². The Labute approximate surface area is 228 Å². The summed E-state index contributed by atoms with van der Waals surface area (Å²) in [5.41, 5.74) is 3.11. The van der Waals surface area contributed by atoms with Crippen molar-refractivity contribution in [2.75, 3.05) is 19.0 Å². The number of amides is 1. The van der Waals surface area contributed by atoms with Crippen molar-refractivity contribution in [3.05, 3.63) is 62.4 Å². The van der Waals surface area contributed by atoms with Crippen LogP contribution in [0.4, 0.5) is 0 Å². The number of nitrogens with zero attached hydrogens (tertiary/aromatic N) is 3. The average molecular weight is 618 g/mol. The Morgan fingerprint density at radius 2 is 1.97 bits per heavy atom. The number of benzene rings is 2. The van der Waals surface area contributed by atoms with E-state index in [9.17, 15) is 9.59 Å². The lowest BCUT2D eigenvalue weighted by molar-refractivity contribution is -0.145. The summed E-state index contributed by atoms with van der Waals surface area (Å²) in [4.78, 5) is 23.4.